The summed E-state index contributed by atoms with van der Waals surface area (Å²) in [6.45, 7) is 14.9. The van der Waals surface area contributed by atoms with Gasteiger partial charge in [-0.25, -0.2) is 0 Å². The van der Waals surface area contributed by atoms with Crippen LogP contribution in [0.1, 0.15) is 52.7 Å². The lowest BCUT2D eigenvalue weighted by atomic mass is 9.49. The normalized spacial score (nSPS) is 13.7. The zero-order valence-corrected chi connectivity index (χ0v) is 37.0. The summed E-state index contributed by atoms with van der Waals surface area (Å²) in [5, 5.41) is 15.6. The van der Waals surface area contributed by atoms with Crippen molar-refractivity contribution in [3.8, 4) is 44.5 Å². The monoisotopic (exact) mass is 806 g/mol. The van der Waals surface area contributed by atoms with Crippen molar-refractivity contribution in [2.45, 2.75) is 47.0 Å². The van der Waals surface area contributed by atoms with Crippen molar-refractivity contribution in [3.63, 3.8) is 0 Å². The minimum Gasteiger partial charge on any atom is -0.0616 e. The minimum atomic E-state index is -0.347. The summed E-state index contributed by atoms with van der Waals surface area (Å²) in [6, 6.07) is 73.2. The number of fused-ring (bicyclic) bond motifs is 13. The predicted octanol–water partition coefficient (Wildman–Crippen LogP) is 18.0. The van der Waals surface area contributed by atoms with E-state index in [2.05, 4.69) is 236 Å². The van der Waals surface area contributed by atoms with E-state index in [1.807, 2.05) is 0 Å². The van der Waals surface area contributed by atoms with Crippen molar-refractivity contribution >= 4 is 64.6 Å². The first-order chi connectivity index (χ1) is 30.6. The van der Waals surface area contributed by atoms with Gasteiger partial charge in [0.1, 0.15) is 0 Å². The number of rotatable bonds is 3. The van der Waals surface area contributed by atoms with E-state index in [0.717, 1.165) is 0 Å². The lowest BCUT2D eigenvalue weighted by molar-refractivity contribution is 0.0965. The van der Waals surface area contributed by atoms with Crippen LogP contribution in [0.4, 0.5) is 0 Å². The van der Waals surface area contributed by atoms with Crippen LogP contribution >= 0.6 is 0 Å². The first kappa shape index (κ1) is 37.7. The molecule has 0 saturated heterocycles. The molecule has 0 atom stereocenters. The fraction of sp³-hybridized carbons (Fsp3) is 0.143. The molecule has 0 spiro atoms. The second kappa shape index (κ2) is 13.5. The van der Waals surface area contributed by atoms with Crippen molar-refractivity contribution < 1.29 is 0 Å². The fourth-order valence-electron chi connectivity index (χ4n) is 12.8. The van der Waals surface area contributed by atoms with Crippen LogP contribution in [0.25, 0.3) is 109 Å². The van der Waals surface area contributed by atoms with Crippen molar-refractivity contribution in [2.75, 3.05) is 0 Å². The molecule has 63 heavy (non-hydrogen) atoms. The smallest absolute Gasteiger partial charge is 0.0318 e. The van der Waals surface area contributed by atoms with Gasteiger partial charge in [0, 0.05) is 5.41 Å². The maximum atomic E-state index is 2.66. The highest BCUT2D eigenvalue weighted by molar-refractivity contribution is 6.27. The maximum absolute atomic E-state index is 2.66. The molecule has 0 heterocycles. The Kier molecular flexibility index (Phi) is 8.08. The Labute approximate surface area is 370 Å². The van der Waals surface area contributed by atoms with Crippen molar-refractivity contribution in [2.24, 2.45) is 10.8 Å². The van der Waals surface area contributed by atoms with Gasteiger partial charge in [0.2, 0.25) is 0 Å². The molecule has 0 fully saturated rings. The van der Waals surface area contributed by atoms with Gasteiger partial charge in [0.05, 0.1) is 0 Å². The van der Waals surface area contributed by atoms with E-state index in [4.69, 9.17) is 0 Å². The maximum Gasteiger partial charge on any atom is 0.0318 e. The van der Waals surface area contributed by atoms with Crippen LogP contribution in [0.3, 0.4) is 0 Å². The summed E-state index contributed by atoms with van der Waals surface area (Å²) < 4.78 is 0. The number of hydrogen-bond acceptors (Lipinski definition) is 0. The van der Waals surface area contributed by atoms with Crippen LogP contribution in [-0.2, 0) is 5.41 Å². The van der Waals surface area contributed by atoms with Gasteiger partial charge < -0.3 is 0 Å². The van der Waals surface area contributed by atoms with E-state index in [1.165, 1.54) is 120 Å². The molecule has 0 unspecified atom stereocenters. The Morgan fingerprint density at radius 1 is 0.286 bits per heavy atom. The van der Waals surface area contributed by atoms with Crippen LogP contribution in [0.15, 0.2) is 194 Å². The highest BCUT2D eigenvalue weighted by Gasteiger charge is 2.59. The molecular weight excluding hydrogens is 757 g/mol. The summed E-state index contributed by atoms with van der Waals surface area (Å²) in [6.07, 6.45) is 0. The van der Waals surface area contributed by atoms with Gasteiger partial charge >= 0.3 is 0 Å². The largest absolute Gasteiger partial charge is 0.0616 e. The Morgan fingerprint density at radius 3 is 1.29 bits per heavy atom. The SMILES string of the molecule is CC(C)(C)C1(C(C)(C)C)c2cc(-c3c4ccccc4c(-c4cccc(-c5cccc6ccccc56)c4)c4ccccc34)c3ccccc3c2-c2c1c1ccccc1c1ccccc21. The first-order valence-corrected chi connectivity index (χ1v) is 22.6. The fourth-order valence-corrected chi connectivity index (χ4v) is 12.8. The standard InChI is InChI=1S/C63H50/c1-61(2,3)63(62(4,5)6)55-38-54(46-28-10-12-29-47(46)58(55)59-48-30-13-9-26-44(48)45-27-11-18-35-53(45)60(59)63)57-51-33-16-14-31-49(51)56(50-32-15-17-34-52(50)57)41-24-19-23-40(37-41)43-36-20-22-39-21-7-8-25-42(39)43/h7-38H,1-6H3. The Bertz CT molecular complexity index is 3620. The van der Waals surface area contributed by atoms with E-state index in [1.54, 1.807) is 0 Å². The van der Waals surface area contributed by atoms with E-state index < -0.39 is 0 Å². The lowest BCUT2D eigenvalue weighted by Crippen LogP contribution is -2.50. The van der Waals surface area contributed by atoms with Gasteiger partial charge in [-0.05, 0) is 143 Å². The van der Waals surface area contributed by atoms with Gasteiger partial charge in [-0.2, -0.15) is 0 Å². The molecule has 11 aromatic rings. The van der Waals surface area contributed by atoms with E-state index in [-0.39, 0.29) is 16.2 Å². The van der Waals surface area contributed by atoms with Gasteiger partial charge in [-0.1, -0.05) is 224 Å². The highest BCUT2D eigenvalue weighted by Crippen LogP contribution is 2.69. The van der Waals surface area contributed by atoms with Crippen LogP contribution in [-0.4, -0.2) is 0 Å². The third-order valence-electron chi connectivity index (χ3n) is 14.7. The Balaban J connectivity index is 1.22. The summed E-state index contributed by atoms with van der Waals surface area (Å²) >= 11 is 0. The molecule has 0 heteroatoms. The molecule has 0 amide bonds. The van der Waals surface area contributed by atoms with Crippen molar-refractivity contribution in [3.05, 3.63) is 205 Å². The number of hydrogen-bond donors (Lipinski definition) is 0. The molecule has 0 N–H and O–H groups in total. The predicted molar refractivity (Wildman–Crippen MR) is 273 cm³/mol. The molecule has 0 saturated carbocycles. The molecule has 11 aromatic carbocycles. The minimum absolute atomic E-state index is 0.153. The summed E-state index contributed by atoms with van der Waals surface area (Å²) in [7, 11) is 0. The van der Waals surface area contributed by atoms with Gasteiger partial charge in [-0.15, -0.1) is 0 Å². The first-order valence-electron chi connectivity index (χ1n) is 22.6. The van der Waals surface area contributed by atoms with Crippen molar-refractivity contribution in [1.29, 1.82) is 0 Å². The second-order valence-electron chi connectivity index (χ2n) is 19.9. The Hall–Kier alpha value is -7.02. The zero-order valence-electron chi connectivity index (χ0n) is 37.0. The van der Waals surface area contributed by atoms with Gasteiger partial charge in [0.15, 0.2) is 0 Å². The second-order valence-corrected chi connectivity index (χ2v) is 19.9. The molecular formula is C63H50. The third-order valence-corrected chi connectivity index (χ3v) is 14.7. The lowest BCUT2D eigenvalue weighted by Gasteiger charge is -2.53. The van der Waals surface area contributed by atoms with Crippen LogP contribution in [0.2, 0.25) is 0 Å². The van der Waals surface area contributed by atoms with Gasteiger partial charge in [0.25, 0.3) is 0 Å². The topological polar surface area (TPSA) is 0 Å². The average molecular weight is 807 g/mol. The van der Waals surface area contributed by atoms with Crippen molar-refractivity contribution in [1.82, 2.24) is 0 Å². The molecule has 302 valence electrons. The molecule has 1 aliphatic rings. The quantitative estimate of drug-likeness (QED) is 0.123. The highest BCUT2D eigenvalue weighted by atomic mass is 14.6. The molecule has 1 aliphatic carbocycles. The summed E-state index contributed by atoms with van der Waals surface area (Å²) in [4.78, 5) is 0. The molecule has 0 bridgehead atoms. The van der Waals surface area contributed by atoms with Crippen LogP contribution in [0, 0.1) is 10.8 Å². The van der Waals surface area contributed by atoms with E-state index >= 15 is 0 Å². The number of benzene rings is 11. The third kappa shape index (κ3) is 5.16. The summed E-state index contributed by atoms with van der Waals surface area (Å²) in [5.74, 6) is 0. The molecule has 0 nitrogen and oxygen atoms in total. The molecule has 0 aromatic heterocycles. The van der Waals surface area contributed by atoms with Gasteiger partial charge in [-0.3, -0.25) is 0 Å². The molecule has 12 rings (SSSR count). The van der Waals surface area contributed by atoms with Crippen LogP contribution < -0.4 is 0 Å². The van der Waals surface area contributed by atoms with E-state index in [9.17, 15) is 0 Å². The zero-order chi connectivity index (χ0) is 42.8. The van der Waals surface area contributed by atoms with E-state index in [0.29, 0.717) is 0 Å². The Morgan fingerprint density at radius 2 is 0.698 bits per heavy atom. The van der Waals surface area contributed by atoms with Crippen LogP contribution in [0.5, 0.6) is 0 Å². The summed E-state index contributed by atoms with van der Waals surface area (Å²) in [5.41, 5.74) is 12.7. The average Bonchev–Trinajstić information content (AvgIpc) is 3.64. The molecule has 0 aliphatic heterocycles. The molecule has 0 radical (unpaired) electrons.